The second-order valence-corrected chi connectivity index (χ2v) is 5.87. The van der Waals surface area contributed by atoms with Crippen LogP contribution in [0.3, 0.4) is 0 Å². The smallest absolute Gasteiger partial charge is 0.275 e. The maximum Gasteiger partial charge on any atom is 0.275 e. The quantitative estimate of drug-likeness (QED) is 0.578. The van der Waals surface area contributed by atoms with Crippen molar-refractivity contribution in [3.8, 4) is 10.8 Å². The van der Waals surface area contributed by atoms with Gasteiger partial charge in [0.1, 0.15) is 5.69 Å². The highest BCUT2D eigenvalue weighted by Gasteiger charge is 2.18. The van der Waals surface area contributed by atoms with Gasteiger partial charge >= 0.3 is 0 Å². The molecule has 3 rings (SSSR count). The zero-order valence-electron chi connectivity index (χ0n) is 12.0. The Morgan fingerprint density at radius 2 is 2.17 bits per heavy atom. The monoisotopic (exact) mass is 329 g/mol. The Hall–Kier alpha value is -3.00. The van der Waals surface area contributed by atoms with Gasteiger partial charge in [0, 0.05) is 22.7 Å². The van der Waals surface area contributed by atoms with E-state index in [9.17, 15) is 14.9 Å². The molecule has 0 fully saturated rings. The molecule has 0 aliphatic rings. The second-order valence-electron chi connectivity index (χ2n) is 4.66. The Kier molecular flexibility index (Phi) is 3.90. The third-order valence-electron chi connectivity index (χ3n) is 3.06. The number of amides is 1. The van der Waals surface area contributed by atoms with Crippen LogP contribution < -0.4 is 5.32 Å². The van der Waals surface area contributed by atoms with Crippen LogP contribution in [0.5, 0.6) is 0 Å². The van der Waals surface area contributed by atoms with E-state index < -0.39 is 10.8 Å². The third kappa shape index (κ3) is 3.11. The van der Waals surface area contributed by atoms with Gasteiger partial charge in [0.25, 0.3) is 11.6 Å². The molecule has 3 aromatic rings. The molecule has 23 heavy (non-hydrogen) atoms. The van der Waals surface area contributed by atoms with Crippen LogP contribution >= 0.6 is 11.3 Å². The average Bonchev–Trinajstić information content (AvgIpc) is 3.16. The average molecular weight is 329 g/mol. The summed E-state index contributed by atoms with van der Waals surface area (Å²) in [6.45, 7) is 1.78. The van der Waals surface area contributed by atoms with Crippen molar-refractivity contribution < 1.29 is 14.1 Å². The highest BCUT2D eigenvalue weighted by molar-refractivity contribution is 7.15. The van der Waals surface area contributed by atoms with Crippen LogP contribution in [-0.2, 0) is 0 Å². The van der Waals surface area contributed by atoms with Gasteiger partial charge < -0.3 is 9.73 Å². The van der Waals surface area contributed by atoms with Crippen molar-refractivity contribution in [2.75, 3.05) is 5.32 Å². The van der Waals surface area contributed by atoms with Crippen LogP contribution in [0.2, 0.25) is 0 Å². The van der Waals surface area contributed by atoms with Gasteiger partial charge in [-0.25, -0.2) is 4.98 Å². The Morgan fingerprint density at radius 3 is 2.87 bits per heavy atom. The summed E-state index contributed by atoms with van der Waals surface area (Å²) in [5.74, 6) is 0.171. The number of nitro groups is 1. The number of furan rings is 1. The number of benzene rings is 1. The van der Waals surface area contributed by atoms with Crippen molar-refractivity contribution in [1.82, 2.24) is 4.98 Å². The van der Waals surface area contributed by atoms with Gasteiger partial charge in [-0.1, -0.05) is 6.07 Å². The number of aryl methyl sites for hydroxylation is 1. The molecule has 1 N–H and O–H groups in total. The van der Waals surface area contributed by atoms with E-state index in [0.29, 0.717) is 16.5 Å². The molecular weight excluding hydrogens is 318 g/mol. The van der Waals surface area contributed by atoms with Gasteiger partial charge in [-0.3, -0.25) is 14.9 Å². The van der Waals surface area contributed by atoms with E-state index in [1.165, 1.54) is 35.8 Å². The van der Waals surface area contributed by atoms with E-state index in [4.69, 9.17) is 4.42 Å². The van der Waals surface area contributed by atoms with Gasteiger partial charge in [0.15, 0.2) is 10.8 Å². The van der Waals surface area contributed by atoms with E-state index >= 15 is 0 Å². The lowest BCUT2D eigenvalue weighted by atomic mass is 10.2. The van der Waals surface area contributed by atoms with Crippen molar-refractivity contribution in [2.24, 2.45) is 0 Å². The molecule has 7 nitrogen and oxygen atoms in total. The second kappa shape index (κ2) is 6.01. The number of hydrogen-bond donors (Lipinski definition) is 1. The number of nitro benzene ring substituents is 1. The summed E-state index contributed by atoms with van der Waals surface area (Å²) < 4.78 is 5.27. The molecule has 2 aromatic heterocycles. The first-order chi connectivity index (χ1) is 11.0. The molecule has 0 saturated heterocycles. The number of carbonyl (C=O) groups excluding carboxylic acids is 1. The van der Waals surface area contributed by atoms with E-state index in [0.717, 1.165) is 4.88 Å². The topological polar surface area (TPSA) is 98.3 Å². The summed E-state index contributed by atoms with van der Waals surface area (Å²) in [6.07, 6.45) is 1.54. The summed E-state index contributed by atoms with van der Waals surface area (Å²) in [5, 5.41) is 14.0. The number of nitrogens with zero attached hydrogens (tertiary/aromatic N) is 2. The number of anilines is 1. The number of carbonyl (C=O) groups is 1. The minimum Gasteiger partial charge on any atom is -0.462 e. The van der Waals surface area contributed by atoms with Gasteiger partial charge in [0.2, 0.25) is 0 Å². The Balaban J connectivity index is 1.84. The van der Waals surface area contributed by atoms with Crippen molar-refractivity contribution in [2.45, 2.75) is 6.92 Å². The molecule has 0 atom stereocenters. The molecule has 1 aromatic carbocycles. The molecule has 2 heterocycles. The number of thiazole rings is 1. The fourth-order valence-electron chi connectivity index (χ4n) is 2.00. The number of aromatic nitrogens is 1. The predicted molar refractivity (Wildman–Crippen MR) is 85.6 cm³/mol. The first kappa shape index (κ1) is 14.9. The summed E-state index contributed by atoms with van der Waals surface area (Å²) in [7, 11) is 0. The van der Waals surface area contributed by atoms with Gasteiger partial charge in [-0.05, 0) is 25.1 Å². The molecule has 0 radical (unpaired) electrons. The molecule has 1 amide bonds. The minimum atomic E-state index is -0.515. The van der Waals surface area contributed by atoms with Gasteiger partial charge in [0.05, 0.1) is 11.2 Å². The highest BCUT2D eigenvalue weighted by atomic mass is 32.1. The van der Waals surface area contributed by atoms with Crippen molar-refractivity contribution >= 4 is 28.6 Å². The molecule has 116 valence electrons. The molecule has 0 bridgehead atoms. The van der Waals surface area contributed by atoms with E-state index in [1.54, 1.807) is 25.1 Å². The fourth-order valence-corrected chi connectivity index (χ4v) is 2.88. The molecule has 8 heteroatoms. The van der Waals surface area contributed by atoms with Gasteiger partial charge in [-0.2, -0.15) is 0 Å². The maximum atomic E-state index is 12.3. The summed E-state index contributed by atoms with van der Waals surface area (Å²) in [5.41, 5.74) is 0.526. The minimum absolute atomic E-state index is 0.0888. The molecule has 0 saturated carbocycles. The van der Waals surface area contributed by atoms with Crippen molar-refractivity contribution in [1.29, 1.82) is 0 Å². The summed E-state index contributed by atoms with van der Waals surface area (Å²) in [4.78, 5) is 27.6. The van der Waals surface area contributed by atoms with Crippen LogP contribution in [0.4, 0.5) is 11.4 Å². The lowest BCUT2D eigenvalue weighted by molar-refractivity contribution is -0.384. The number of nitrogens with one attached hydrogen (secondary N) is 1. The Morgan fingerprint density at radius 1 is 1.35 bits per heavy atom. The number of non-ortho nitro benzene ring substituents is 1. The van der Waals surface area contributed by atoms with Crippen molar-refractivity contribution in [3.63, 3.8) is 0 Å². The zero-order valence-corrected chi connectivity index (χ0v) is 12.8. The number of rotatable bonds is 4. The highest BCUT2D eigenvalue weighted by Crippen LogP contribution is 2.28. The zero-order chi connectivity index (χ0) is 16.4. The lowest BCUT2D eigenvalue weighted by Crippen LogP contribution is -2.13. The first-order valence-electron chi connectivity index (χ1n) is 6.61. The van der Waals surface area contributed by atoms with E-state index in [-0.39, 0.29) is 11.4 Å². The van der Waals surface area contributed by atoms with Crippen LogP contribution in [0.1, 0.15) is 15.4 Å². The van der Waals surface area contributed by atoms with Crippen LogP contribution in [0, 0.1) is 17.0 Å². The van der Waals surface area contributed by atoms with E-state index in [1.807, 2.05) is 0 Å². The van der Waals surface area contributed by atoms with Crippen LogP contribution in [0.25, 0.3) is 10.8 Å². The Bertz CT molecular complexity index is 871. The molecule has 0 aliphatic carbocycles. The molecule has 0 aliphatic heterocycles. The molecular formula is C15H11N3O4S. The number of hydrogen-bond acceptors (Lipinski definition) is 6. The largest absolute Gasteiger partial charge is 0.462 e. The Labute approximate surface area is 134 Å². The predicted octanol–water partition coefficient (Wildman–Crippen LogP) is 3.87. The fraction of sp³-hybridized carbons (Fsp3) is 0.0667. The van der Waals surface area contributed by atoms with Crippen molar-refractivity contribution in [3.05, 3.63) is 63.3 Å². The summed E-state index contributed by atoms with van der Waals surface area (Å²) >= 11 is 1.35. The third-order valence-corrected chi connectivity index (χ3v) is 4.04. The molecule has 0 spiro atoms. The SMILES string of the molecule is Cc1sc(-c2ccco2)nc1C(=O)Nc1cccc([N+](=O)[O-])c1. The maximum absolute atomic E-state index is 12.3. The van der Waals surface area contributed by atoms with Crippen LogP contribution in [0.15, 0.2) is 47.1 Å². The lowest BCUT2D eigenvalue weighted by Gasteiger charge is -2.03. The normalized spacial score (nSPS) is 10.5. The van der Waals surface area contributed by atoms with E-state index in [2.05, 4.69) is 10.3 Å². The standard InChI is InChI=1S/C15H11N3O4S/c1-9-13(17-15(23-9)12-6-3-7-22-12)14(19)16-10-4-2-5-11(8-10)18(20)21/h2-8H,1H3,(H,16,19). The van der Waals surface area contributed by atoms with Gasteiger partial charge in [-0.15, -0.1) is 11.3 Å². The van der Waals surface area contributed by atoms with Crippen LogP contribution in [-0.4, -0.2) is 15.8 Å². The summed E-state index contributed by atoms with van der Waals surface area (Å²) in [6, 6.07) is 9.26. The first-order valence-corrected chi connectivity index (χ1v) is 7.43. The molecule has 0 unspecified atom stereocenters.